The van der Waals surface area contributed by atoms with Crippen molar-refractivity contribution in [3.63, 3.8) is 0 Å². The van der Waals surface area contributed by atoms with Gasteiger partial charge in [0.05, 0.1) is 11.8 Å². The Kier molecular flexibility index (Phi) is 3.48. The SMILES string of the molecule is N=CC(=O)c1cc(Oc2ccccc2)ccc1F. The summed E-state index contributed by atoms with van der Waals surface area (Å²) in [5.74, 6) is -0.403. The number of hydrogen-bond acceptors (Lipinski definition) is 3. The largest absolute Gasteiger partial charge is 0.457 e. The maximum absolute atomic E-state index is 13.4. The molecule has 0 saturated carbocycles. The van der Waals surface area contributed by atoms with E-state index in [9.17, 15) is 9.18 Å². The second kappa shape index (κ2) is 5.23. The minimum atomic E-state index is -0.689. The van der Waals surface area contributed by atoms with Crippen LogP contribution in [0.2, 0.25) is 0 Å². The second-order valence-corrected chi connectivity index (χ2v) is 3.57. The van der Waals surface area contributed by atoms with Gasteiger partial charge in [-0.15, -0.1) is 0 Å². The monoisotopic (exact) mass is 243 g/mol. The van der Waals surface area contributed by atoms with Crippen molar-refractivity contribution in [2.45, 2.75) is 0 Å². The molecular formula is C14H10FNO2. The van der Waals surface area contributed by atoms with Crippen LogP contribution in [0.15, 0.2) is 48.5 Å². The average molecular weight is 243 g/mol. The van der Waals surface area contributed by atoms with Crippen LogP contribution in [0, 0.1) is 11.2 Å². The number of halogens is 1. The molecule has 0 radical (unpaired) electrons. The number of para-hydroxylation sites is 1. The number of ether oxygens (including phenoxy) is 1. The zero-order valence-corrected chi connectivity index (χ0v) is 9.39. The van der Waals surface area contributed by atoms with Gasteiger partial charge in [0.1, 0.15) is 17.3 Å². The Morgan fingerprint density at radius 1 is 1.11 bits per heavy atom. The predicted octanol–water partition coefficient (Wildman–Crippen LogP) is 3.45. The molecule has 0 aliphatic heterocycles. The lowest BCUT2D eigenvalue weighted by molar-refractivity contribution is 0.106. The van der Waals surface area contributed by atoms with Crippen LogP contribution in [0.5, 0.6) is 11.5 Å². The van der Waals surface area contributed by atoms with Crippen molar-refractivity contribution in [1.82, 2.24) is 0 Å². The van der Waals surface area contributed by atoms with E-state index in [1.165, 1.54) is 12.1 Å². The highest BCUT2D eigenvalue weighted by molar-refractivity contribution is 6.34. The minimum Gasteiger partial charge on any atom is -0.457 e. The Hall–Kier alpha value is -2.49. The number of benzene rings is 2. The third kappa shape index (κ3) is 2.60. The van der Waals surface area contributed by atoms with Crippen LogP contribution in [0.1, 0.15) is 10.4 Å². The molecule has 0 atom stereocenters. The summed E-state index contributed by atoms with van der Waals surface area (Å²) in [6.45, 7) is 0. The van der Waals surface area contributed by atoms with E-state index >= 15 is 0 Å². The first-order chi connectivity index (χ1) is 8.70. The smallest absolute Gasteiger partial charge is 0.206 e. The molecule has 0 spiro atoms. The van der Waals surface area contributed by atoms with E-state index < -0.39 is 11.6 Å². The summed E-state index contributed by atoms with van der Waals surface area (Å²) in [7, 11) is 0. The van der Waals surface area contributed by atoms with Crippen LogP contribution in [-0.4, -0.2) is 12.0 Å². The topological polar surface area (TPSA) is 50.2 Å². The molecule has 0 bridgehead atoms. The standard InChI is InChI=1S/C14H10FNO2/c15-13-7-6-11(8-12(13)14(17)9-16)18-10-4-2-1-3-5-10/h1-9,16H. The van der Waals surface area contributed by atoms with Gasteiger partial charge in [-0.1, -0.05) is 18.2 Å². The van der Waals surface area contributed by atoms with Gasteiger partial charge in [-0.05, 0) is 30.3 Å². The summed E-state index contributed by atoms with van der Waals surface area (Å²) >= 11 is 0. The van der Waals surface area contributed by atoms with Crippen molar-refractivity contribution >= 4 is 12.0 Å². The highest BCUT2D eigenvalue weighted by Crippen LogP contribution is 2.23. The van der Waals surface area contributed by atoms with E-state index in [4.69, 9.17) is 10.1 Å². The molecule has 0 aliphatic carbocycles. The Balaban J connectivity index is 2.30. The molecule has 3 nitrogen and oxygen atoms in total. The maximum Gasteiger partial charge on any atom is 0.206 e. The van der Waals surface area contributed by atoms with Crippen molar-refractivity contribution < 1.29 is 13.9 Å². The van der Waals surface area contributed by atoms with Crippen LogP contribution in [0.25, 0.3) is 0 Å². The molecular weight excluding hydrogens is 233 g/mol. The lowest BCUT2D eigenvalue weighted by Crippen LogP contribution is -2.03. The van der Waals surface area contributed by atoms with Crippen molar-refractivity contribution in [1.29, 1.82) is 5.41 Å². The van der Waals surface area contributed by atoms with Crippen molar-refractivity contribution in [3.05, 3.63) is 59.9 Å². The number of Topliss-reactive ketones (excluding diaryl/α,β-unsaturated/α-hetero) is 1. The molecule has 0 saturated heterocycles. The first-order valence-electron chi connectivity index (χ1n) is 5.28. The van der Waals surface area contributed by atoms with Crippen LogP contribution < -0.4 is 4.74 Å². The van der Waals surface area contributed by atoms with E-state index in [0.717, 1.165) is 6.07 Å². The third-order valence-electron chi connectivity index (χ3n) is 2.31. The van der Waals surface area contributed by atoms with Gasteiger partial charge in [0, 0.05) is 0 Å². The maximum atomic E-state index is 13.4. The van der Waals surface area contributed by atoms with E-state index in [-0.39, 0.29) is 5.56 Å². The quantitative estimate of drug-likeness (QED) is 0.660. The fourth-order valence-corrected chi connectivity index (χ4v) is 1.46. The van der Waals surface area contributed by atoms with Crippen LogP contribution >= 0.6 is 0 Å². The number of nitrogens with one attached hydrogen (secondary N) is 1. The third-order valence-corrected chi connectivity index (χ3v) is 2.31. The zero-order chi connectivity index (χ0) is 13.0. The van der Waals surface area contributed by atoms with Gasteiger partial charge < -0.3 is 10.1 Å². The predicted molar refractivity (Wildman–Crippen MR) is 66.0 cm³/mol. The number of hydrogen-bond donors (Lipinski definition) is 1. The molecule has 0 aliphatic rings. The van der Waals surface area contributed by atoms with Gasteiger partial charge in [0.25, 0.3) is 0 Å². The van der Waals surface area contributed by atoms with Crippen molar-refractivity contribution in [3.8, 4) is 11.5 Å². The number of rotatable bonds is 4. The number of carbonyl (C=O) groups excluding carboxylic acids is 1. The fourth-order valence-electron chi connectivity index (χ4n) is 1.46. The molecule has 0 heterocycles. The van der Waals surface area contributed by atoms with Crippen LogP contribution in [-0.2, 0) is 0 Å². The average Bonchev–Trinajstić information content (AvgIpc) is 2.41. The summed E-state index contributed by atoms with van der Waals surface area (Å²) in [6.07, 6.45) is 0.574. The summed E-state index contributed by atoms with van der Waals surface area (Å²) in [5, 5.41) is 6.85. The van der Waals surface area contributed by atoms with Crippen molar-refractivity contribution in [2.24, 2.45) is 0 Å². The molecule has 90 valence electrons. The molecule has 2 aromatic carbocycles. The lowest BCUT2D eigenvalue weighted by atomic mass is 10.1. The highest BCUT2D eigenvalue weighted by atomic mass is 19.1. The molecule has 0 unspecified atom stereocenters. The summed E-state index contributed by atoms with van der Waals surface area (Å²) in [5.41, 5.74) is -0.168. The Labute approximate surface area is 103 Å². The van der Waals surface area contributed by atoms with E-state index in [1.54, 1.807) is 12.1 Å². The molecule has 0 amide bonds. The molecule has 18 heavy (non-hydrogen) atoms. The molecule has 0 fully saturated rings. The van der Waals surface area contributed by atoms with Gasteiger partial charge in [-0.3, -0.25) is 4.79 Å². The molecule has 4 heteroatoms. The molecule has 2 rings (SSSR count). The zero-order valence-electron chi connectivity index (χ0n) is 9.39. The van der Waals surface area contributed by atoms with E-state index in [1.807, 2.05) is 18.2 Å². The lowest BCUT2D eigenvalue weighted by Gasteiger charge is -2.06. The van der Waals surface area contributed by atoms with Crippen LogP contribution in [0.3, 0.4) is 0 Å². The van der Waals surface area contributed by atoms with Gasteiger partial charge in [0.2, 0.25) is 5.78 Å². The Bertz CT molecular complexity index is 582. The number of carbonyl (C=O) groups is 1. The molecule has 0 aromatic heterocycles. The van der Waals surface area contributed by atoms with Gasteiger partial charge in [-0.25, -0.2) is 4.39 Å². The summed E-state index contributed by atoms with van der Waals surface area (Å²) < 4.78 is 18.8. The van der Waals surface area contributed by atoms with Gasteiger partial charge in [0.15, 0.2) is 0 Å². The summed E-state index contributed by atoms with van der Waals surface area (Å²) in [4.78, 5) is 11.3. The second-order valence-electron chi connectivity index (χ2n) is 3.57. The fraction of sp³-hybridized carbons (Fsp3) is 0. The molecule has 2 aromatic rings. The van der Waals surface area contributed by atoms with E-state index in [0.29, 0.717) is 17.7 Å². The van der Waals surface area contributed by atoms with Crippen molar-refractivity contribution in [2.75, 3.05) is 0 Å². The molecule has 1 N–H and O–H groups in total. The van der Waals surface area contributed by atoms with Gasteiger partial charge in [-0.2, -0.15) is 0 Å². The normalized spacial score (nSPS) is 9.83. The minimum absolute atomic E-state index is 0.168. The van der Waals surface area contributed by atoms with Gasteiger partial charge >= 0.3 is 0 Å². The first kappa shape index (κ1) is 12.0. The highest BCUT2D eigenvalue weighted by Gasteiger charge is 2.11. The summed E-state index contributed by atoms with van der Waals surface area (Å²) in [6, 6.07) is 12.8. The Morgan fingerprint density at radius 2 is 1.83 bits per heavy atom. The number of ketones is 1. The Morgan fingerprint density at radius 3 is 2.50 bits per heavy atom. The van der Waals surface area contributed by atoms with Crippen LogP contribution in [0.4, 0.5) is 4.39 Å². The first-order valence-corrected chi connectivity index (χ1v) is 5.28. The van der Waals surface area contributed by atoms with E-state index in [2.05, 4.69) is 0 Å².